The normalized spacial score (nSPS) is 21.2. The van der Waals surface area contributed by atoms with Crippen molar-refractivity contribution in [2.75, 3.05) is 26.7 Å². The number of benzene rings is 1. The molecule has 2 aliphatic rings. The lowest BCUT2D eigenvalue weighted by Gasteiger charge is -2.21. The van der Waals surface area contributed by atoms with Crippen molar-refractivity contribution in [3.8, 4) is 0 Å². The maximum Gasteiger partial charge on any atom is 0.225 e. The molecule has 1 aromatic carbocycles. The molecule has 2 N–H and O–H groups in total. The summed E-state index contributed by atoms with van der Waals surface area (Å²) >= 11 is 0. The largest absolute Gasteiger partial charge is 0.356 e. The Balaban J connectivity index is 1.42. The van der Waals surface area contributed by atoms with Crippen molar-refractivity contribution >= 4 is 11.9 Å². The van der Waals surface area contributed by atoms with Gasteiger partial charge in [-0.05, 0) is 37.3 Å². The van der Waals surface area contributed by atoms with E-state index in [0.717, 1.165) is 32.4 Å². The van der Waals surface area contributed by atoms with Gasteiger partial charge in [0.1, 0.15) is 5.82 Å². The fourth-order valence-electron chi connectivity index (χ4n) is 3.91. The van der Waals surface area contributed by atoms with Crippen LogP contribution in [-0.4, -0.2) is 49.5 Å². The maximum atomic E-state index is 13.7. The third-order valence-corrected chi connectivity index (χ3v) is 5.41. The summed E-state index contributed by atoms with van der Waals surface area (Å²) in [6.07, 6.45) is 6.01. The van der Waals surface area contributed by atoms with Crippen molar-refractivity contribution in [1.29, 1.82) is 0 Å². The molecule has 5 nitrogen and oxygen atoms in total. The Kier molecular flexibility index (Phi) is 6.47. The maximum absolute atomic E-state index is 13.7. The predicted octanol–water partition coefficient (Wildman–Crippen LogP) is 2.32. The van der Waals surface area contributed by atoms with Crippen molar-refractivity contribution in [3.05, 3.63) is 35.6 Å². The van der Waals surface area contributed by atoms with Gasteiger partial charge >= 0.3 is 0 Å². The second kappa shape index (κ2) is 9.01. The van der Waals surface area contributed by atoms with Gasteiger partial charge in [0.25, 0.3) is 0 Å². The molecule has 2 fully saturated rings. The molecule has 0 aromatic heterocycles. The van der Waals surface area contributed by atoms with Crippen LogP contribution in [0.3, 0.4) is 0 Å². The van der Waals surface area contributed by atoms with Gasteiger partial charge in [0, 0.05) is 38.6 Å². The van der Waals surface area contributed by atoms with Crippen LogP contribution in [0.2, 0.25) is 0 Å². The average molecular weight is 360 g/mol. The van der Waals surface area contributed by atoms with Gasteiger partial charge in [0.2, 0.25) is 5.91 Å². The van der Waals surface area contributed by atoms with Crippen LogP contribution >= 0.6 is 0 Å². The van der Waals surface area contributed by atoms with Crippen LogP contribution in [0.25, 0.3) is 0 Å². The van der Waals surface area contributed by atoms with Crippen LogP contribution in [0.4, 0.5) is 4.39 Å². The van der Waals surface area contributed by atoms with Crippen molar-refractivity contribution in [3.63, 3.8) is 0 Å². The third-order valence-electron chi connectivity index (χ3n) is 5.41. The Morgan fingerprint density at radius 1 is 1.27 bits per heavy atom. The number of aliphatic imine (C=N–C) groups is 1. The highest BCUT2D eigenvalue weighted by molar-refractivity contribution is 5.81. The van der Waals surface area contributed by atoms with Crippen LogP contribution in [0.1, 0.15) is 37.7 Å². The quantitative estimate of drug-likeness (QED) is 0.626. The molecule has 0 spiro atoms. The molecule has 1 aromatic rings. The van der Waals surface area contributed by atoms with E-state index in [1.54, 1.807) is 19.2 Å². The third kappa shape index (κ3) is 4.74. The van der Waals surface area contributed by atoms with Crippen LogP contribution in [0.15, 0.2) is 29.3 Å². The molecule has 1 saturated heterocycles. The summed E-state index contributed by atoms with van der Waals surface area (Å²) in [4.78, 5) is 18.8. The Hall–Kier alpha value is -2.11. The Morgan fingerprint density at radius 2 is 2.04 bits per heavy atom. The Labute approximate surface area is 155 Å². The molecule has 3 rings (SSSR count). The van der Waals surface area contributed by atoms with E-state index in [9.17, 15) is 9.18 Å². The van der Waals surface area contributed by atoms with E-state index < -0.39 is 0 Å². The van der Waals surface area contributed by atoms with Gasteiger partial charge < -0.3 is 15.5 Å². The predicted molar refractivity (Wildman–Crippen MR) is 102 cm³/mol. The van der Waals surface area contributed by atoms with Gasteiger partial charge in [-0.1, -0.05) is 31.0 Å². The summed E-state index contributed by atoms with van der Waals surface area (Å²) < 4.78 is 13.7. The molecule has 1 amide bonds. The first-order valence-electron chi connectivity index (χ1n) is 9.66. The van der Waals surface area contributed by atoms with Crippen LogP contribution in [0.5, 0.6) is 0 Å². The molecular formula is C20H29FN4O. The zero-order valence-corrected chi connectivity index (χ0v) is 15.5. The molecule has 1 heterocycles. The number of likely N-dealkylation sites (tertiary alicyclic amines) is 1. The van der Waals surface area contributed by atoms with E-state index in [1.807, 2.05) is 11.0 Å². The summed E-state index contributed by atoms with van der Waals surface area (Å²) in [5.41, 5.74) is 0.699. The first-order valence-corrected chi connectivity index (χ1v) is 9.66. The van der Waals surface area contributed by atoms with Crippen LogP contribution in [-0.2, 0) is 11.2 Å². The first kappa shape index (κ1) is 18.7. The minimum absolute atomic E-state index is 0.172. The smallest absolute Gasteiger partial charge is 0.225 e. The number of rotatable bonds is 5. The highest BCUT2D eigenvalue weighted by Crippen LogP contribution is 2.27. The summed E-state index contributed by atoms with van der Waals surface area (Å²) in [6.45, 7) is 2.17. The molecule has 1 atom stereocenters. The number of carbonyl (C=O) groups excluding carboxylic acids is 1. The fraction of sp³-hybridized carbons (Fsp3) is 0.600. The van der Waals surface area contributed by atoms with E-state index in [1.165, 1.54) is 18.9 Å². The SMILES string of the molecule is CN=C(NCCc1ccccc1F)NC1CCN(C(=O)C2CCCC2)C1. The van der Waals surface area contributed by atoms with E-state index in [-0.39, 0.29) is 17.8 Å². The summed E-state index contributed by atoms with van der Waals surface area (Å²) in [7, 11) is 1.73. The lowest BCUT2D eigenvalue weighted by molar-refractivity contribution is -0.134. The summed E-state index contributed by atoms with van der Waals surface area (Å²) in [5, 5.41) is 6.63. The van der Waals surface area contributed by atoms with Crippen LogP contribution < -0.4 is 10.6 Å². The number of carbonyl (C=O) groups is 1. The highest BCUT2D eigenvalue weighted by atomic mass is 19.1. The van der Waals surface area contributed by atoms with E-state index >= 15 is 0 Å². The Morgan fingerprint density at radius 3 is 2.77 bits per heavy atom. The lowest BCUT2D eigenvalue weighted by atomic mass is 10.1. The van der Waals surface area contributed by atoms with Crippen LogP contribution in [0, 0.1) is 11.7 Å². The standard InChI is InChI=1S/C20H29FN4O/c1-22-20(23-12-10-15-6-4-5-9-18(15)21)24-17-11-13-25(14-17)19(26)16-7-2-3-8-16/h4-6,9,16-17H,2-3,7-8,10-14H2,1H3,(H2,22,23,24). The lowest BCUT2D eigenvalue weighted by Crippen LogP contribution is -2.45. The molecule has 1 unspecified atom stereocenters. The number of halogens is 1. The number of nitrogens with one attached hydrogen (secondary N) is 2. The van der Waals surface area contributed by atoms with Crippen molar-refractivity contribution in [2.24, 2.45) is 10.9 Å². The highest BCUT2D eigenvalue weighted by Gasteiger charge is 2.32. The van der Waals surface area contributed by atoms with E-state index in [0.29, 0.717) is 30.4 Å². The molecule has 1 saturated carbocycles. The molecular weight excluding hydrogens is 331 g/mol. The van der Waals surface area contributed by atoms with E-state index in [2.05, 4.69) is 15.6 Å². The fourth-order valence-corrected chi connectivity index (χ4v) is 3.91. The molecule has 142 valence electrons. The molecule has 1 aliphatic heterocycles. The number of hydrogen-bond donors (Lipinski definition) is 2. The average Bonchev–Trinajstić information content (AvgIpc) is 3.34. The van der Waals surface area contributed by atoms with Crippen molar-refractivity contribution in [1.82, 2.24) is 15.5 Å². The van der Waals surface area contributed by atoms with Crippen molar-refractivity contribution < 1.29 is 9.18 Å². The minimum Gasteiger partial charge on any atom is -0.356 e. The number of hydrogen-bond acceptors (Lipinski definition) is 2. The second-order valence-electron chi connectivity index (χ2n) is 7.24. The zero-order chi connectivity index (χ0) is 18.4. The monoisotopic (exact) mass is 360 g/mol. The molecule has 6 heteroatoms. The Bertz CT molecular complexity index is 642. The van der Waals surface area contributed by atoms with Gasteiger partial charge in [-0.3, -0.25) is 9.79 Å². The van der Waals surface area contributed by atoms with Gasteiger partial charge in [-0.25, -0.2) is 4.39 Å². The number of nitrogens with zero attached hydrogens (tertiary/aromatic N) is 2. The molecule has 0 bridgehead atoms. The second-order valence-corrected chi connectivity index (χ2v) is 7.24. The number of guanidine groups is 1. The molecule has 26 heavy (non-hydrogen) atoms. The minimum atomic E-state index is -0.172. The zero-order valence-electron chi connectivity index (χ0n) is 15.5. The van der Waals surface area contributed by atoms with Gasteiger partial charge in [0.05, 0.1) is 0 Å². The number of amides is 1. The topological polar surface area (TPSA) is 56.7 Å². The first-order chi connectivity index (χ1) is 12.7. The molecule has 0 radical (unpaired) electrons. The van der Waals surface area contributed by atoms with E-state index in [4.69, 9.17) is 0 Å². The van der Waals surface area contributed by atoms with Gasteiger partial charge in [0.15, 0.2) is 5.96 Å². The van der Waals surface area contributed by atoms with Gasteiger partial charge in [-0.2, -0.15) is 0 Å². The molecule has 1 aliphatic carbocycles. The summed E-state index contributed by atoms with van der Waals surface area (Å²) in [6, 6.07) is 7.05. The summed E-state index contributed by atoms with van der Waals surface area (Å²) in [5.74, 6) is 1.11. The van der Waals surface area contributed by atoms with Crippen molar-refractivity contribution in [2.45, 2.75) is 44.6 Å². The van der Waals surface area contributed by atoms with Gasteiger partial charge in [-0.15, -0.1) is 0 Å².